The van der Waals surface area contributed by atoms with Crippen LogP contribution in [-0.2, 0) is 10.0 Å². The van der Waals surface area contributed by atoms with Gasteiger partial charge in [0, 0.05) is 0 Å². The second-order valence-corrected chi connectivity index (χ2v) is 5.33. The van der Waals surface area contributed by atoms with E-state index in [2.05, 4.69) is 9.71 Å². The molecule has 0 unspecified atom stereocenters. The Morgan fingerprint density at radius 3 is 2.37 bits per heavy atom. The molecule has 7 heteroatoms. The number of rotatable bonds is 4. The molecule has 0 bridgehead atoms. The summed E-state index contributed by atoms with van der Waals surface area (Å²) in [5.41, 5.74) is 0.192. The van der Waals surface area contributed by atoms with Gasteiger partial charge in [-0.15, -0.1) is 0 Å². The van der Waals surface area contributed by atoms with Crippen LogP contribution in [0, 0.1) is 5.95 Å². The molecule has 5 nitrogen and oxygen atoms in total. The van der Waals surface area contributed by atoms with Crippen molar-refractivity contribution in [1.29, 1.82) is 0 Å². The summed E-state index contributed by atoms with van der Waals surface area (Å²) >= 11 is 0. The van der Waals surface area contributed by atoms with Crippen molar-refractivity contribution in [3.63, 3.8) is 0 Å². The molecule has 0 aliphatic heterocycles. The zero-order chi connectivity index (χ0) is 13.9. The topological polar surface area (TPSA) is 68.3 Å². The third kappa shape index (κ3) is 3.19. The number of nitrogens with zero attached hydrogens (tertiary/aromatic N) is 1. The van der Waals surface area contributed by atoms with Gasteiger partial charge in [0.1, 0.15) is 5.75 Å². The molecule has 1 heterocycles. The Kier molecular flexibility index (Phi) is 3.66. The zero-order valence-electron chi connectivity index (χ0n) is 10.00. The normalized spacial score (nSPS) is 11.1. The standard InChI is InChI=1S/C12H11FN2O3S/c1-18-10-3-5-11(6-4-10)19(16,17)15-9-2-7-12(13)14-8-9/h2-8,15H,1H3. The predicted octanol–water partition coefficient (Wildman–Crippen LogP) is 2.03. The van der Waals surface area contributed by atoms with Crippen molar-refractivity contribution in [3.8, 4) is 5.75 Å². The molecule has 0 fully saturated rings. The lowest BCUT2D eigenvalue weighted by Gasteiger charge is -2.08. The van der Waals surface area contributed by atoms with Gasteiger partial charge in [-0.05, 0) is 36.4 Å². The molecule has 0 atom stereocenters. The van der Waals surface area contributed by atoms with Gasteiger partial charge in [0.05, 0.1) is 23.9 Å². The summed E-state index contributed by atoms with van der Waals surface area (Å²) in [5.74, 6) is -0.116. The van der Waals surface area contributed by atoms with Gasteiger partial charge in [-0.2, -0.15) is 4.39 Å². The van der Waals surface area contributed by atoms with Gasteiger partial charge < -0.3 is 4.74 Å². The Morgan fingerprint density at radius 2 is 1.84 bits per heavy atom. The van der Waals surface area contributed by atoms with E-state index in [1.165, 1.54) is 37.4 Å². The number of halogens is 1. The smallest absolute Gasteiger partial charge is 0.261 e. The van der Waals surface area contributed by atoms with Crippen molar-refractivity contribution in [2.24, 2.45) is 0 Å². The summed E-state index contributed by atoms with van der Waals surface area (Å²) in [7, 11) is -2.23. The number of methoxy groups -OCH3 is 1. The molecule has 0 aliphatic carbocycles. The lowest BCUT2D eigenvalue weighted by Crippen LogP contribution is -2.13. The highest BCUT2D eigenvalue weighted by molar-refractivity contribution is 7.92. The van der Waals surface area contributed by atoms with Crippen molar-refractivity contribution in [2.75, 3.05) is 11.8 Å². The Morgan fingerprint density at radius 1 is 1.16 bits per heavy atom. The minimum Gasteiger partial charge on any atom is -0.497 e. The maximum Gasteiger partial charge on any atom is 0.261 e. The molecule has 0 saturated heterocycles. The van der Waals surface area contributed by atoms with Crippen LogP contribution in [0.25, 0.3) is 0 Å². The molecule has 1 aromatic carbocycles. The van der Waals surface area contributed by atoms with Crippen molar-refractivity contribution < 1.29 is 17.5 Å². The monoisotopic (exact) mass is 282 g/mol. The van der Waals surface area contributed by atoms with Crippen LogP contribution >= 0.6 is 0 Å². The third-order valence-electron chi connectivity index (χ3n) is 2.35. The molecule has 19 heavy (non-hydrogen) atoms. The molecule has 1 N–H and O–H groups in total. The molecule has 0 radical (unpaired) electrons. The Labute approximate surface area is 110 Å². The molecule has 100 valence electrons. The Hall–Kier alpha value is -2.15. The van der Waals surface area contributed by atoms with Crippen LogP contribution in [0.15, 0.2) is 47.5 Å². The van der Waals surface area contributed by atoms with E-state index in [9.17, 15) is 12.8 Å². The fourth-order valence-electron chi connectivity index (χ4n) is 1.41. The SMILES string of the molecule is COc1ccc(S(=O)(=O)Nc2ccc(F)nc2)cc1. The van der Waals surface area contributed by atoms with Crippen LogP contribution < -0.4 is 9.46 Å². The second kappa shape index (κ2) is 5.23. The molecule has 0 saturated carbocycles. The van der Waals surface area contributed by atoms with Gasteiger partial charge in [0.2, 0.25) is 5.95 Å². The van der Waals surface area contributed by atoms with E-state index in [-0.39, 0.29) is 10.6 Å². The summed E-state index contributed by atoms with van der Waals surface area (Å²) in [6.07, 6.45) is 1.11. The van der Waals surface area contributed by atoms with Crippen LogP contribution in [0.3, 0.4) is 0 Å². The number of anilines is 1. The van der Waals surface area contributed by atoms with Gasteiger partial charge in [0.15, 0.2) is 0 Å². The number of benzene rings is 1. The van der Waals surface area contributed by atoms with Gasteiger partial charge in [-0.25, -0.2) is 13.4 Å². The van der Waals surface area contributed by atoms with E-state index in [0.29, 0.717) is 5.75 Å². The third-order valence-corrected chi connectivity index (χ3v) is 3.75. The van der Waals surface area contributed by atoms with Gasteiger partial charge in [-0.3, -0.25) is 4.72 Å². The van der Waals surface area contributed by atoms with E-state index in [0.717, 1.165) is 12.3 Å². The fraction of sp³-hybridized carbons (Fsp3) is 0.0833. The predicted molar refractivity (Wildman–Crippen MR) is 68.0 cm³/mol. The van der Waals surface area contributed by atoms with Crippen molar-refractivity contribution in [2.45, 2.75) is 4.90 Å². The summed E-state index contributed by atoms with van der Waals surface area (Å²) in [4.78, 5) is 3.45. The molecular formula is C12H11FN2O3S. The molecule has 2 aromatic rings. The Balaban J connectivity index is 2.24. The summed E-state index contributed by atoms with van der Waals surface area (Å²) < 4.78 is 43.9. The van der Waals surface area contributed by atoms with E-state index < -0.39 is 16.0 Å². The van der Waals surface area contributed by atoms with Crippen LogP contribution in [0.2, 0.25) is 0 Å². The first-order chi connectivity index (χ1) is 9.01. The number of aromatic nitrogens is 1. The van der Waals surface area contributed by atoms with E-state index >= 15 is 0 Å². The molecule has 0 amide bonds. The van der Waals surface area contributed by atoms with Crippen LogP contribution in [0.4, 0.5) is 10.1 Å². The first-order valence-corrected chi connectivity index (χ1v) is 6.78. The average molecular weight is 282 g/mol. The summed E-state index contributed by atoms with van der Waals surface area (Å²) in [5, 5.41) is 0. The van der Waals surface area contributed by atoms with Crippen LogP contribution in [-0.4, -0.2) is 20.5 Å². The highest BCUT2D eigenvalue weighted by Crippen LogP contribution is 2.18. The maximum atomic E-state index is 12.6. The molecular weight excluding hydrogens is 271 g/mol. The van der Waals surface area contributed by atoms with E-state index in [4.69, 9.17) is 4.74 Å². The lowest BCUT2D eigenvalue weighted by molar-refractivity contribution is 0.414. The lowest BCUT2D eigenvalue weighted by atomic mass is 10.3. The van der Waals surface area contributed by atoms with Gasteiger partial charge >= 0.3 is 0 Å². The maximum absolute atomic E-state index is 12.6. The molecule has 0 aliphatic rings. The van der Waals surface area contributed by atoms with Gasteiger partial charge in [-0.1, -0.05) is 0 Å². The number of ether oxygens (including phenoxy) is 1. The fourth-order valence-corrected chi connectivity index (χ4v) is 2.45. The van der Waals surface area contributed by atoms with E-state index in [1.807, 2.05) is 0 Å². The minimum atomic E-state index is -3.72. The van der Waals surface area contributed by atoms with Gasteiger partial charge in [0.25, 0.3) is 10.0 Å². The first-order valence-electron chi connectivity index (χ1n) is 5.30. The van der Waals surface area contributed by atoms with Crippen LogP contribution in [0.1, 0.15) is 0 Å². The average Bonchev–Trinajstić information content (AvgIpc) is 2.41. The quantitative estimate of drug-likeness (QED) is 0.871. The molecule has 2 rings (SSSR count). The zero-order valence-corrected chi connectivity index (χ0v) is 10.8. The molecule has 1 aromatic heterocycles. The number of pyridine rings is 1. The number of hydrogen-bond acceptors (Lipinski definition) is 4. The van der Waals surface area contributed by atoms with Crippen molar-refractivity contribution in [3.05, 3.63) is 48.5 Å². The summed E-state index contributed by atoms with van der Waals surface area (Å²) in [6, 6.07) is 8.28. The first kappa shape index (κ1) is 13.3. The number of sulfonamides is 1. The van der Waals surface area contributed by atoms with Crippen molar-refractivity contribution in [1.82, 2.24) is 4.98 Å². The second-order valence-electron chi connectivity index (χ2n) is 3.65. The van der Waals surface area contributed by atoms with Crippen LogP contribution in [0.5, 0.6) is 5.75 Å². The Bertz CT molecular complexity index is 654. The number of hydrogen-bond donors (Lipinski definition) is 1. The molecule has 0 spiro atoms. The van der Waals surface area contributed by atoms with Crippen molar-refractivity contribution >= 4 is 15.7 Å². The summed E-state index contributed by atoms with van der Waals surface area (Å²) in [6.45, 7) is 0. The minimum absolute atomic E-state index is 0.0811. The van der Waals surface area contributed by atoms with E-state index in [1.54, 1.807) is 0 Å². The highest BCUT2D eigenvalue weighted by atomic mass is 32.2. The largest absolute Gasteiger partial charge is 0.497 e. The number of nitrogens with one attached hydrogen (secondary N) is 1. The highest BCUT2D eigenvalue weighted by Gasteiger charge is 2.14.